The van der Waals surface area contributed by atoms with Crippen LogP contribution in [0.15, 0.2) is 28.9 Å². The average Bonchev–Trinajstić information content (AvgIpc) is 3.14. The van der Waals surface area contributed by atoms with Gasteiger partial charge in [0.15, 0.2) is 5.82 Å². The number of aromatic nitrogens is 2. The predicted octanol–water partition coefficient (Wildman–Crippen LogP) is 2.30. The second-order valence-corrected chi connectivity index (χ2v) is 7.44. The number of primary amides is 1. The molecule has 3 N–H and O–H groups in total. The first-order valence-electron chi connectivity index (χ1n) is 8.91. The van der Waals surface area contributed by atoms with Gasteiger partial charge >= 0.3 is 5.97 Å². The van der Waals surface area contributed by atoms with Gasteiger partial charge in [-0.05, 0) is 30.2 Å². The lowest BCUT2D eigenvalue weighted by molar-refractivity contribution is -0.139. The van der Waals surface area contributed by atoms with E-state index in [9.17, 15) is 14.9 Å². The average molecular weight is 462 g/mol. The molecule has 0 saturated carbocycles. The summed E-state index contributed by atoms with van der Waals surface area (Å²) in [6, 6.07) is 7.28. The maximum atomic E-state index is 11.9. The SMILES string of the molecule is COC(=O)Cc1cc(Nc2nn(C3COCCC3C#N)cc2C(N)=O)ccc1Br. The monoisotopic (exact) mass is 461 g/mol. The van der Waals surface area contributed by atoms with Crippen LogP contribution in [0.25, 0.3) is 0 Å². The number of methoxy groups -OCH3 is 1. The summed E-state index contributed by atoms with van der Waals surface area (Å²) in [6.07, 6.45) is 2.22. The molecule has 1 aromatic carbocycles. The molecule has 2 atom stereocenters. The molecule has 1 fully saturated rings. The summed E-state index contributed by atoms with van der Waals surface area (Å²) in [7, 11) is 1.33. The van der Waals surface area contributed by atoms with Gasteiger partial charge in [-0.3, -0.25) is 14.3 Å². The van der Waals surface area contributed by atoms with Crippen LogP contribution in [-0.4, -0.2) is 42.0 Å². The molecule has 2 unspecified atom stereocenters. The van der Waals surface area contributed by atoms with Crippen LogP contribution in [0.5, 0.6) is 0 Å². The van der Waals surface area contributed by atoms with E-state index >= 15 is 0 Å². The molecule has 1 aromatic heterocycles. The van der Waals surface area contributed by atoms with Crippen molar-refractivity contribution in [1.82, 2.24) is 9.78 Å². The van der Waals surface area contributed by atoms with Crippen molar-refractivity contribution in [1.29, 1.82) is 5.26 Å². The molecule has 1 saturated heterocycles. The number of amides is 1. The Labute approximate surface area is 175 Å². The number of rotatable bonds is 6. The summed E-state index contributed by atoms with van der Waals surface area (Å²) in [5.41, 5.74) is 7.05. The van der Waals surface area contributed by atoms with Crippen molar-refractivity contribution in [3.05, 3.63) is 40.0 Å². The molecule has 2 heterocycles. The number of benzene rings is 1. The third-order valence-electron chi connectivity index (χ3n) is 4.70. The van der Waals surface area contributed by atoms with Crippen molar-refractivity contribution in [2.75, 3.05) is 25.6 Å². The van der Waals surface area contributed by atoms with Gasteiger partial charge in [-0.2, -0.15) is 10.4 Å². The molecular formula is C19H20BrN5O4. The van der Waals surface area contributed by atoms with E-state index in [1.165, 1.54) is 13.3 Å². The fourth-order valence-electron chi connectivity index (χ4n) is 3.12. The van der Waals surface area contributed by atoms with Gasteiger partial charge in [0.1, 0.15) is 5.56 Å². The number of hydrogen-bond acceptors (Lipinski definition) is 7. The second kappa shape index (κ2) is 9.07. The van der Waals surface area contributed by atoms with Gasteiger partial charge in [0, 0.05) is 23.0 Å². The Morgan fingerprint density at radius 2 is 2.31 bits per heavy atom. The van der Waals surface area contributed by atoms with Gasteiger partial charge in [0.25, 0.3) is 5.91 Å². The molecule has 1 amide bonds. The molecule has 0 bridgehead atoms. The van der Waals surface area contributed by atoms with E-state index in [4.69, 9.17) is 15.2 Å². The molecule has 9 nitrogen and oxygen atoms in total. The Kier molecular flexibility index (Phi) is 6.51. The molecule has 0 radical (unpaired) electrons. The summed E-state index contributed by atoms with van der Waals surface area (Å²) in [6.45, 7) is 0.852. The maximum absolute atomic E-state index is 11.9. The molecule has 2 aromatic rings. The predicted molar refractivity (Wildman–Crippen MR) is 107 cm³/mol. The van der Waals surface area contributed by atoms with E-state index in [1.807, 2.05) is 0 Å². The molecular weight excluding hydrogens is 442 g/mol. The number of ether oxygens (including phenoxy) is 2. The summed E-state index contributed by atoms with van der Waals surface area (Å²) in [5, 5.41) is 16.9. The third-order valence-corrected chi connectivity index (χ3v) is 5.47. The lowest BCUT2D eigenvalue weighted by atomic mass is 9.97. The zero-order chi connectivity index (χ0) is 21.0. The number of nitriles is 1. The highest BCUT2D eigenvalue weighted by Crippen LogP contribution is 2.29. The maximum Gasteiger partial charge on any atom is 0.310 e. The number of nitrogens with one attached hydrogen (secondary N) is 1. The van der Waals surface area contributed by atoms with Crippen LogP contribution < -0.4 is 11.1 Å². The summed E-state index contributed by atoms with van der Waals surface area (Å²) < 4.78 is 12.5. The van der Waals surface area contributed by atoms with Crippen LogP contribution in [-0.2, 0) is 20.7 Å². The van der Waals surface area contributed by atoms with E-state index in [0.717, 1.165) is 4.47 Å². The Balaban J connectivity index is 1.90. The third kappa shape index (κ3) is 4.75. The molecule has 0 aliphatic carbocycles. The lowest BCUT2D eigenvalue weighted by Gasteiger charge is -2.26. The van der Waals surface area contributed by atoms with E-state index in [0.29, 0.717) is 30.9 Å². The zero-order valence-electron chi connectivity index (χ0n) is 15.7. The fraction of sp³-hybridized carbons (Fsp3) is 0.368. The highest BCUT2D eigenvalue weighted by atomic mass is 79.9. The van der Waals surface area contributed by atoms with Crippen LogP contribution in [0, 0.1) is 17.2 Å². The van der Waals surface area contributed by atoms with Crippen molar-refractivity contribution in [3.63, 3.8) is 0 Å². The Morgan fingerprint density at radius 1 is 1.52 bits per heavy atom. The van der Waals surface area contributed by atoms with Crippen molar-refractivity contribution >= 4 is 39.3 Å². The standard InChI is InChI=1S/C19H20BrN5O4/c1-28-17(26)7-12-6-13(2-3-15(12)20)23-19-14(18(22)27)9-25(24-19)16-10-29-5-4-11(16)8-21/h2-3,6,9,11,16H,4-5,7,10H2,1H3,(H2,22,27)(H,23,24). The number of halogens is 1. The second-order valence-electron chi connectivity index (χ2n) is 6.59. The van der Waals surface area contributed by atoms with Gasteiger partial charge in [0.2, 0.25) is 0 Å². The minimum Gasteiger partial charge on any atom is -0.469 e. The Hall–Kier alpha value is -2.90. The number of nitrogens with zero attached hydrogens (tertiary/aromatic N) is 3. The lowest BCUT2D eigenvalue weighted by Crippen LogP contribution is -2.29. The number of carbonyl (C=O) groups is 2. The van der Waals surface area contributed by atoms with Gasteiger partial charge in [-0.25, -0.2) is 0 Å². The van der Waals surface area contributed by atoms with Crippen molar-refractivity contribution in [2.45, 2.75) is 18.9 Å². The van der Waals surface area contributed by atoms with E-state index in [2.05, 4.69) is 32.4 Å². The van der Waals surface area contributed by atoms with Gasteiger partial charge in [-0.1, -0.05) is 15.9 Å². The summed E-state index contributed by atoms with van der Waals surface area (Å²) in [5.74, 6) is -1.01. The highest BCUT2D eigenvalue weighted by Gasteiger charge is 2.29. The zero-order valence-corrected chi connectivity index (χ0v) is 17.3. The number of esters is 1. The number of anilines is 2. The highest BCUT2D eigenvalue weighted by molar-refractivity contribution is 9.10. The molecule has 1 aliphatic rings. The first-order valence-corrected chi connectivity index (χ1v) is 9.70. The number of nitrogens with two attached hydrogens (primary N) is 1. The van der Waals surface area contributed by atoms with Crippen LogP contribution in [0.4, 0.5) is 11.5 Å². The van der Waals surface area contributed by atoms with Crippen molar-refractivity contribution < 1.29 is 19.1 Å². The largest absolute Gasteiger partial charge is 0.469 e. The van der Waals surface area contributed by atoms with Gasteiger partial charge < -0.3 is 20.5 Å². The quantitative estimate of drug-likeness (QED) is 0.630. The minimum atomic E-state index is -0.643. The van der Waals surface area contributed by atoms with E-state index < -0.39 is 5.91 Å². The molecule has 0 spiro atoms. The normalized spacial score (nSPS) is 18.7. The van der Waals surface area contributed by atoms with Crippen LogP contribution >= 0.6 is 15.9 Å². The van der Waals surface area contributed by atoms with Crippen LogP contribution in [0.1, 0.15) is 28.4 Å². The number of hydrogen-bond donors (Lipinski definition) is 2. The molecule has 3 rings (SSSR count). The molecule has 152 valence electrons. The smallest absolute Gasteiger partial charge is 0.310 e. The first-order chi connectivity index (χ1) is 13.9. The van der Waals surface area contributed by atoms with E-state index in [1.54, 1.807) is 22.9 Å². The fourth-order valence-corrected chi connectivity index (χ4v) is 3.51. The minimum absolute atomic E-state index is 0.0903. The first kappa shape index (κ1) is 20.8. The van der Waals surface area contributed by atoms with Gasteiger partial charge in [0.05, 0.1) is 38.2 Å². The Morgan fingerprint density at radius 3 is 3.00 bits per heavy atom. The van der Waals surface area contributed by atoms with Gasteiger partial charge in [-0.15, -0.1) is 0 Å². The Bertz CT molecular complexity index is 968. The number of carbonyl (C=O) groups excluding carboxylic acids is 2. The molecule has 1 aliphatic heterocycles. The van der Waals surface area contributed by atoms with Crippen molar-refractivity contribution in [3.8, 4) is 6.07 Å². The van der Waals surface area contributed by atoms with Crippen molar-refractivity contribution in [2.24, 2.45) is 11.7 Å². The molecule has 29 heavy (non-hydrogen) atoms. The topological polar surface area (TPSA) is 132 Å². The summed E-state index contributed by atoms with van der Waals surface area (Å²) >= 11 is 3.41. The van der Waals surface area contributed by atoms with E-state index in [-0.39, 0.29) is 35.7 Å². The summed E-state index contributed by atoms with van der Waals surface area (Å²) in [4.78, 5) is 23.5. The molecule has 10 heteroatoms. The van der Waals surface area contributed by atoms with Crippen LogP contribution in [0.2, 0.25) is 0 Å². The van der Waals surface area contributed by atoms with Crippen LogP contribution in [0.3, 0.4) is 0 Å².